The Bertz CT molecular complexity index is 1010. The smallest absolute Gasteiger partial charge is 0.409 e. The number of amides is 1. The molecule has 158 valence electrons. The molecule has 0 spiro atoms. The number of para-hydroxylation sites is 1. The maximum atomic E-state index is 14.0. The third-order valence-electron chi connectivity index (χ3n) is 5.69. The van der Waals surface area contributed by atoms with E-state index in [1.807, 2.05) is 30.5 Å². The zero-order valence-electron chi connectivity index (χ0n) is 16.9. The normalized spacial score (nSPS) is 14.9. The molecular formula is C23H27FN4O2. The zero-order valence-corrected chi connectivity index (χ0v) is 16.9. The monoisotopic (exact) mass is 410 g/mol. The molecule has 2 aromatic carbocycles. The van der Waals surface area contributed by atoms with E-state index in [0.29, 0.717) is 11.4 Å². The van der Waals surface area contributed by atoms with Gasteiger partial charge in [-0.05, 0) is 61.7 Å². The van der Waals surface area contributed by atoms with Gasteiger partial charge in [-0.25, -0.2) is 9.18 Å². The Kier molecular flexibility index (Phi) is 6.18. The van der Waals surface area contributed by atoms with E-state index in [2.05, 4.69) is 14.8 Å². The van der Waals surface area contributed by atoms with Crippen molar-refractivity contribution in [2.45, 2.75) is 19.3 Å². The number of nitrogens with two attached hydrogens (primary N) is 1. The number of anilines is 1. The number of carbonyl (C=O) groups is 1. The van der Waals surface area contributed by atoms with E-state index in [0.717, 1.165) is 62.9 Å². The molecule has 1 aliphatic rings. The van der Waals surface area contributed by atoms with Crippen molar-refractivity contribution >= 4 is 22.7 Å². The number of nitrogens with one attached hydrogen (secondary N) is 1. The molecule has 1 saturated heterocycles. The van der Waals surface area contributed by atoms with Gasteiger partial charge in [0.05, 0.1) is 5.69 Å². The van der Waals surface area contributed by atoms with Crippen molar-refractivity contribution in [2.75, 3.05) is 37.6 Å². The molecule has 0 unspecified atom stereocenters. The van der Waals surface area contributed by atoms with Crippen LogP contribution >= 0.6 is 0 Å². The summed E-state index contributed by atoms with van der Waals surface area (Å²) >= 11 is 0. The number of aromatic amines is 1. The van der Waals surface area contributed by atoms with Crippen LogP contribution in [0.5, 0.6) is 5.75 Å². The summed E-state index contributed by atoms with van der Waals surface area (Å²) in [6.07, 6.45) is 4.34. The number of unbranched alkanes of at least 4 members (excludes halogenated alkanes) is 1. The molecule has 0 bridgehead atoms. The summed E-state index contributed by atoms with van der Waals surface area (Å²) in [4.78, 5) is 18.8. The minimum atomic E-state index is -0.804. The maximum absolute atomic E-state index is 14.0. The van der Waals surface area contributed by atoms with Gasteiger partial charge in [-0.1, -0.05) is 12.1 Å². The number of carbonyl (C=O) groups excluding carboxylic acids is 1. The first-order valence-electron chi connectivity index (χ1n) is 10.4. The highest BCUT2D eigenvalue weighted by molar-refractivity contribution is 5.85. The first-order valence-corrected chi connectivity index (χ1v) is 10.4. The van der Waals surface area contributed by atoms with Crippen molar-refractivity contribution in [1.82, 2.24) is 9.88 Å². The van der Waals surface area contributed by atoms with Gasteiger partial charge in [-0.3, -0.25) is 4.90 Å². The molecule has 1 amide bonds. The SMILES string of the molecule is NC(=O)Oc1ccc2[nH]cc(CCCCN3CCN(c4ccccc4F)CC3)c2c1. The maximum Gasteiger partial charge on any atom is 0.409 e. The van der Waals surface area contributed by atoms with Gasteiger partial charge < -0.3 is 20.4 Å². The lowest BCUT2D eigenvalue weighted by Gasteiger charge is -2.36. The number of primary amides is 1. The van der Waals surface area contributed by atoms with Crippen molar-refractivity contribution in [3.63, 3.8) is 0 Å². The highest BCUT2D eigenvalue weighted by atomic mass is 19.1. The number of H-pyrrole nitrogens is 1. The van der Waals surface area contributed by atoms with E-state index in [4.69, 9.17) is 10.5 Å². The number of hydrogen-bond donors (Lipinski definition) is 2. The van der Waals surface area contributed by atoms with E-state index in [1.165, 1.54) is 11.6 Å². The van der Waals surface area contributed by atoms with Crippen LogP contribution in [0.4, 0.5) is 14.9 Å². The summed E-state index contributed by atoms with van der Waals surface area (Å²) in [6, 6.07) is 12.5. The number of hydrogen-bond acceptors (Lipinski definition) is 4. The second kappa shape index (κ2) is 9.17. The van der Waals surface area contributed by atoms with Gasteiger partial charge >= 0.3 is 6.09 Å². The predicted octanol–water partition coefficient (Wildman–Crippen LogP) is 3.91. The van der Waals surface area contributed by atoms with Gasteiger partial charge in [-0.15, -0.1) is 0 Å². The molecule has 3 aromatic rings. The molecule has 30 heavy (non-hydrogen) atoms. The van der Waals surface area contributed by atoms with Crippen LogP contribution in [0, 0.1) is 5.82 Å². The van der Waals surface area contributed by atoms with E-state index < -0.39 is 6.09 Å². The first-order chi connectivity index (χ1) is 14.6. The number of nitrogens with zero attached hydrogens (tertiary/aromatic N) is 2. The molecule has 1 fully saturated rings. The van der Waals surface area contributed by atoms with Crippen LogP contribution < -0.4 is 15.4 Å². The molecule has 0 saturated carbocycles. The molecule has 1 aromatic heterocycles. The topological polar surface area (TPSA) is 74.6 Å². The molecular weight excluding hydrogens is 383 g/mol. The minimum Gasteiger partial charge on any atom is -0.410 e. The lowest BCUT2D eigenvalue weighted by atomic mass is 10.1. The van der Waals surface area contributed by atoms with Gasteiger partial charge in [0.25, 0.3) is 0 Å². The molecule has 4 rings (SSSR count). The lowest BCUT2D eigenvalue weighted by molar-refractivity contribution is 0.211. The van der Waals surface area contributed by atoms with E-state index in [9.17, 15) is 9.18 Å². The fourth-order valence-electron chi connectivity index (χ4n) is 4.12. The predicted molar refractivity (Wildman–Crippen MR) is 117 cm³/mol. The molecule has 2 heterocycles. The van der Waals surface area contributed by atoms with Crippen LogP contribution in [0.1, 0.15) is 18.4 Å². The van der Waals surface area contributed by atoms with Crippen LogP contribution in [0.25, 0.3) is 10.9 Å². The van der Waals surface area contributed by atoms with Crippen LogP contribution in [0.2, 0.25) is 0 Å². The number of fused-ring (bicyclic) bond motifs is 1. The van der Waals surface area contributed by atoms with Gasteiger partial charge in [0.2, 0.25) is 0 Å². The van der Waals surface area contributed by atoms with Crippen LogP contribution in [0.15, 0.2) is 48.7 Å². The van der Waals surface area contributed by atoms with Crippen LogP contribution in [-0.2, 0) is 6.42 Å². The summed E-state index contributed by atoms with van der Waals surface area (Å²) in [5, 5.41) is 1.06. The zero-order chi connectivity index (χ0) is 20.9. The largest absolute Gasteiger partial charge is 0.410 e. The van der Waals surface area contributed by atoms with E-state index in [1.54, 1.807) is 12.1 Å². The number of aromatic nitrogens is 1. The Labute approximate surface area is 175 Å². The van der Waals surface area contributed by atoms with E-state index in [-0.39, 0.29) is 5.82 Å². The number of piperazine rings is 1. The Morgan fingerprint density at radius 2 is 1.90 bits per heavy atom. The Morgan fingerprint density at radius 3 is 2.67 bits per heavy atom. The highest BCUT2D eigenvalue weighted by Crippen LogP contribution is 2.25. The summed E-state index contributed by atoms with van der Waals surface area (Å²) in [5.74, 6) is 0.317. The third-order valence-corrected chi connectivity index (χ3v) is 5.69. The Balaban J connectivity index is 1.24. The fourth-order valence-corrected chi connectivity index (χ4v) is 4.12. The fraction of sp³-hybridized carbons (Fsp3) is 0.348. The molecule has 0 radical (unpaired) electrons. The van der Waals surface area contributed by atoms with Crippen molar-refractivity contribution in [3.05, 3.63) is 60.0 Å². The lowest BCUT2D eigenvalue weighted by Crippen LogP contribution is -2.46. The van der Waals surface area contributed by atoms with E-state index >= 15 is 0 Å². The van der Waals surface area contributed by atoms with Crippen LogP contribution in [0.3, 0.4) is 0 Å². The van der Waals surface area contributed by atoms with Gasteiger partial charge in [-0.2, -0.15) is 0 Å². The summed E-state index contributed by atoms with van der Waals surface area (Å²) in [5.41, 5.74) is 8.04. The van der Waals surface area contributed by atoms with Crippen molar-refractivity contribution in [1.29, 1.82) is 0 Å². The second-order valence-electron chi connectivity index (χ2n) is 7.68. The van der Waals surface area contributed by atoms with Crippen molar-refractivity contribution in [3.8, 4) is 5.75 Å². The standard InChI is InChI=1S/C23H27FN4O2/c24-20-6-1-2-7-22(20)28-13-11-27(12-14-28)10-4-3-5-17-16-26-21-9-8-18(15-19(17)21)30-23(25)29/h1-2,6-9,15-16,26H,3-5,10-14H2,(H2,25,29). The molecule has 0 aliphatic carbocycles. The van der Waals surface area contributed by atoms with Crippen molar-refractivity contribution < 1.29 is 13.9 Å². The average Bonchev–Trinajstić information content (AvgIpc) is 3.14. The first kappa shape index (κ1) is 20.2. The highest BCUT2D eigenvalue weighted by Gasteiger charge is 2.18. The molecule has 3 N–H and O–H groups in total. The third kappa shape index (κ3) is 4.74. The Morgan fingerprint density at radius 1 is 1.10 bits per heavy atom. The Hall–Kier alpha value is -3.06. The number of halogens is 1. The molecule has 7 heteroatoms. The molecule has 0 atom stereocenters. The van der Waals surface area contributed by atoms with Gasteiger partial charge in [0.1, 0.15) is 11.6 Å². The number of benzene rings is 2. The van der Waals surface area contributed by atoms with Crippen LogP contribution in [-0.4, -0.2) is 48.7 Å². The van der Waals surface area contributed by atoms with Gasteiger partial charge in [0.15, 0.2) is 0 Å². The summed E-state index contributed by atoms with van der Waals surface area (Å²) in [7, 11) is 0. The average molecular weight is 410 g/mol. The van der Waals surface area contributed by atoms with Gasteiger partial charge in [0, 0.05) is 43.3 Å². The second-order valence-corrected chi connectivity index (χ2v) is 7.68. The molecule has 1 aliphatic heterocycles. The summed E-state index contributed by atoms with van der Waals surface area (Å²) in [6.45, 7) is 4.66. The summed E-state index contributed by atoms with van der Waals surface area (Å²) < 4.78 is 19.0. The number of ether oxygens (including phenoxy) is 1. The van der Waals surface area contributed by atoms with Crippen molar-refractivity contribution in [2.24, 2.45) is 5.73 Å². The number of aryl methyl sites for hydroxylation is 1. The quantitative estimate of drug-likeness (QED) is 0.579. The number of rotatable bonds is 7. The minimum absolute atomic E-state index is 0.144. The molecule has 6 nitrogen and oxygen atoms in total.